The summed E-state index contributed by atoms with van der Waals surface area (Å²) >= 11 is 1.60. The molecule has 24 heavy (non-hydrogen) atoms. The highest BCUT2D eigenvalue weighted by atomic mass is 32.1. The zero-order chi connectivity index (χ0) is 17.1. The molecule has 0 unspecified atom stereocenters. The Kier molecular flexibility index (Phi) is 5.21. The zero-order valence-electron chi connectivity index (χ0n) is 14.6. The summed E-state index contributed by atoms with van der Waals surface area (Å²) in [6.07, 6.45) is 0.974. The maximum absolute atomic E-state index is 12.7. The fourth-order valence-corrected chi connectivity index (χ4v) is 4.08. The van der Waals surface area contributed by atoms with Gasteiger partial charge in [0.15, 0.2) is 0 Å². The van der Waals surface area contributed by atoms with Crippen molar-refractivity contribution in [2.75, 3.05) is 43.4 Å². The molecule has 0 bridgehead atoms. The van der Waals surface area contributed by atoms with E-state index < -0.39 is 0 Å². The second kappa shape index (κ2) is 7.36. The van der Waals surface area contributed by atoms with Crippen molar-refractivity contribution in [2.45, 2.75) is 20.3 Å². The van der Waals surface area contributed by atoms with Crippen molar-refractivity contribution in [1.82, 2.24) is 4.90 Å². The van der Waals surface area contributed by atoms with E-state index in [1.807, 2.05) is 24.3 Å². The second-order valence-corrected chi connectivity index (χ2v) is 7.47. The molecule has 1 amide bonds. The maximum atomic E-state index is 12.7. The van der Waals surface area contributed by atoms with Crippen molar-refractivity contribution in [3.8, 4) is 0 Å². The Morgan fingerprint density at radius 3 is 2.58 bits per heavy atom. The van der Waals surface area contributed by atoms with Crippen LogP contribution in [0.1, 0.15) is 27.0 Å². The number of aryl methyl sites for hydroxylation is 2. The van der Waals surface area contributed by atoms with Crippen molar-refractivity contribution in [2.24, 2.45) is 0 Å². The van der Waals surface area contributed by atoms with Gasteiger partial charge in [-0.05, 0) is 44.2 Å². The van der Waals surface area contributed by atoms with E-state index in [2.05, 4.69) is 42.1 Å². The summed E-state index contributed by atoms with van der Waals surface area (Å²) in [5, 5.41) is 3.12. The topological polar surface area (TPSA) is 35.6 Å². The highest BCUT2D eigenvalue weighted by Crippen LogP contribution is 2.28. The summed E-state index contributed by atoms with van der Waals surface area (Å²) in [5.41, 5.74) is 3.22. The van der Waals surface area contributed by atoms with Crippen LogP contribution in [0.3, 0.4) is 0 Å². The Labute approximate surface area is 148 Å². The summed E-state index contributed by atoms with van der Waals surface area (Å²) in [6, 6.07) is 10.1. The van der Waals surface area contributed by atoms with E-state index in [1.54, 1.807) is 11.3 Å². The van der Waals surface area contributed by atoms with E-state index in [1.165, 1.54) is 10.4 Å². The third-order valence-corrected chi connectivity index (χ3v) is 5.94. The lowest BCUT2D eigenvalue weighted by Gasteiger charge is -2.35. The van der Waals surface area contributed by atoms with Gasteiger partial charge >= 0.3 is 0 Å². The first-order valence-electron chi connectivity index (χ1n) is 8.51. The van der Waals surface area contributed by atoms with Crippen LogP contribution in [-0.2, 0) is 6.42 Å². The number of nitrogens with zero attached hydrogens (tertiary/aromatic N) is 2. The van der Waals surface area contributed by atoms with Gasteiger partial charge in [-0.2, -0.15) is 0 Å². The molecule has 1 aliphatic heterocycles. The molecule has 4 nitrogen and oxygen atoms in total. The quantitative estimate of drug-likeness (QED) is 0.921. The average Bonchev–Trinajstić information content (AvgIpc) is 2.97. The molecule has 0 aliphatic carbocycles. The van der Waals surface area contributed by atoms with E-state index in [0.717, 1.165) is 48.9 Å². The predicted molar refractivity (Wildman–Crippen MR) is 103 cm³/mol. The first-order valence-corrected chi connectivity index (χ1v) is 9.33. The number of para-hydroxylation sites is 2. The van der Waals surface area contributed by atoms with Crippen LogP contribution < -0.4 is 10.2 Å². The molecule has 2 heterocycles. The van der Waals surface area contributed by atoms with Gasteiger partial charge in [0.2, 0.25) is 0 Å². The van der Waals surface area contributed by atoms with Crippen LogP contribution in [0.25, 0.3) is 0 Å². The molecule has 1 fully saturated rings. The summed E-state index contributed by atoms with van der Waals surface area (Å²) in [7, 11) is 2.15. The molecule has 0 saturated carbocycles. The molecule has 1 aromatic carbocycles. The van der Waals surface area contributed by atoms with Gasteiger partial charge in [-0.15, -0.1) is 11.3 Å². The Hall–Kier alpha value is -1.85. The number of hydrogen-bond acceptors (Lipinski definition) is 4. The van der Waals surface area contributed by atoms with Crippen molar-refractivity contribution < 1.29 is 4.79 Å². The van der Waals surface area contributed by atoms with E-state index in [9.17, 15) is 4.79 Å². The smallest absolute Gasteiger partial charge is 0.265 e. The third-order valence-electron chi connectivity index (χ3n) is 4.56. The van der Waals surface area contributed by atoms with Crippen LogP contribution in [-0.4, -0.2) is 44.0 Å². The predicted octanol–water partition coefficient (Wildman–Crippen LogP) is 3.62. The number of amides is 1. The lowest BCUT2D eigenvalue weighted by Crippen LogP contribution is -2.44. The van der Waals surface area contributed by atoms with E-state index >= 15 is 0 Å². The number of hydrogen-bond donors (Lipinski definition) is 1. The highest BCUT2D eigenvalue weighted by molar-refractivity contribution is 7.14. The van der Waals surface area contributed by atoms with Crippen LogP contribution in [0.2, 0.25) is 0 Å². The van der Waals surface area contributed by atoms with Gasteiger partial charge in [-0.1, -0.05) is 19.1 Å². The second-order valence-electron chi connectivity index (χ2n) is 6.33. The van der Waals surface area contributed by atoms with Crippen molar-refractivity contribution in [1.29, 1.82) is 0 Å². The average molecular weight is 343 g/mol. The number of anilines is 2. The highest BCUT2D eigenvalue weighted by Gasteiger charge is 2.19. The Balaban J connectivity index is 1.78. The summed E-state index contributed by atoms with van der Waals surface area (Å²) in [6.45, 7) is 8.27. The number of likely N-dealkylation sites (N-methyl/N-ethyl adjacent to an activating group) is 1. The lowest BCUT2D eigenvalue weighted by atomic mass is 10.2. The summed E-state index contributed by atoms with van der Waals surface area (Å²) < 4.78 is 0. The Morgan fingerprint density at radius 1 is 1.21 bits per heavy atom. The normalized spacial score (nSPS) is 15.5. The molecular formula is C19H25N3OS. The molecule has 3 rings (SSSR count). The minimum atomic E-state index is -0.00984. The number of thiophene rings is 1. The number of rotatable bonds is 4. The number of carbonyl (C=O) groups excluding carboxylic acids is 1. The van der Waals surface area contributed by atoms with Crippen molar-refractivity contribution >= 4 is 28.6 Å². The van der Waals surface area contributed by atoms with E-state index in [4.69, 9.17) is 0 Å². The summed E-state index contributed by atoms with van der Waals surface area (Å²) in [5.74, 6) is -0.00984. The van der Waals surface area contributed by atoms with Crippen LogP contribution in [0.4, 0.5) is 11.4 Å². The minimum Gasteiger partial charge on any atom is -0.367 e. The molecule has 2 aromatic rings. The maximum Gasteiger partial charge on any atom is 0.265 e. The monoisotopic (exact) mass is 343 g/mol. The van der Waals surface area contributed by atoms with Crippen LogP contribution in [0.5, 0.6) is 0 Å². The minimum absolute atomic E-state index is 0.00984. The fraction of sp³-hybridized carbons (Fsp3) is 0.421. The van der Waals surface area contributed by atoms with Gasteiger partial charge in [0, 0.05) is 31.1 Å². The largest absolute Gasteiger partial charge is 0.367 e. The van der Waals surface area contributed by atoms with Gasteiger partial charge in [0.1, 0.15) is 0 Å². The zero-order valence-corrected chi connectivity index (χ0v) is 15.4. The molecule has 0 spiro atoms. The molecule has 1 saturated heterocycles. The molecule has 1 N–H and O–H groups in total. The number of benzene rings is 1. The third kappa shape index (κ3) is 3.62. The Bertz CT molecular complexity index is 717. The van der Waals surface area contributed by atoms with Gasteiger partial charge < -0.3 is 15.1 Å². The lowest BCUT2D eigenvalue weighted by molar-refractivity contribution is 0.103. The van der Waals surface area contributed by atoms with Crippen LogP contribution in [0, 0.1) is 6.92 Å². The molecule has 1 aliphatic rings. The van der Waals surface area contributed by atoms with Crippen molar-refractivity contribution in [3.05, 3.63) is 45.6 Å². The standard InChI is InChI=1S/C19H25N3OS/c1-4-17-14(2)13-18(24-17)19(23)20-15-7-5-6-8-16(15)22-11-9-21(3)10-12-22/h5-8,13H,4,9-12H2,1-3H3,(H,20,23). The first-order chi connectivity index (χ1) is 11.6. The molecular weight excluding hydrogens is 318 g/mol. The van der Waals surface area contributed by atoms with E-state index in [-0.39, 0.29) is 5.91 Å². The van der Waals surface area contributed by atoms with E-state index in [0.29, 0.717) is 0 Å². The van der Waals surface area contributed by atoms with Crippen molar-refractivity contribution in [3.63, 3.8) is 0 Å². The van der Waals surface area contributed by atoms with Gasteiger partial charge in [-0.25, -0.2) is 0 Å². The number of carbonyl (C=O) groups is 1. The number of piperazine rings is 1. The molecule has 0 radical (unpaired) electrons. The molecule has 1 aromatic heterocycles. The molecule has 128 valence electrons. The van der Waals surface area contributed by atoms with Gasteiger partial charge in [0.05, 0.1) is 16.3 Å². The Morgan fingerprint density at radius 2 is 1.92 bits per heavy atom. The molecule has 5 heteroatoms. The van der Waals surface area contributed by atoms with Gasteiger partial charge in [0.25, 0.3) is 5.91 Å². The van der Waals surface area contributed by atoms with Gasteiger partial charge in [-0.3, -0.25) is 4.79 Å². The fourth-order valence-electron chi connectivity index (χ4n) is 3.07. The summed E-state index contributed by atoms with van der Waals surface area (Å²) in [4.78, 5) is 19.4. The SMILES string of the molecule is CCc1sc(C(=O)Nc2ccccc2N2CCN(C)CC2)cc1C. The number of nitrogens with one attached hydrogen (secondary N) is 1. The van der Waals surface area contributed by atoms with Crippen LogP contribution >= 0.6 is 11.3 Å². The first kappa shape index (κ1) is 17.0. The molecule has 0 atom stereocenters. The van der Waals surface area contributed by atoms with Crippen LogP contribution in [0.15, 0.2) is 30.3 Å².